The Morgan fingerprint density at radius 3 is 1.00 bits per heavy atom. The van der Waals surface area contributed by atoms with Crippen LogP contribution in [0.1, 0.15) is 112 Å². The van der Waals surface area contributed by atoms with E-state index < -0.39 is 0 Å². The van der Waals surface area contributed by atoms with E-state index in [1.807, 2.05) is 0 Å². The van der Waals surface area contributed by atoms with E-state index in [-0.39, 0.29) is 41.0 Å². The normalized spacial score (nSPS) is 9.13. The van der Waals surface area contributed by atoms with Gasteiger partial charge in [0.25, 0.3) is 0 Å². The van der Waals surface area contributed by atoms with Crippen LogP contribution in [-0.2, 0) is 21.7 Å². The average molecular weight is 467 g/mol. The summed E-state index contributed by atoms with van der Waals surface area (Å²) >= 11 is 0. The molecule has 0 spiro atoms. The van der Waals surface area contributed by atoms with Gasteiger partial charge in [-0.1, -0.05) is 102 Å². The van der Waals surface area contributed by atoms with Crippen molar-refractivity contribution < 1.29 is 42.1 Å². The first kappa shape index (κ1) is 40.4. The average Bonchev–Trinajstić information content (AvgIpc) is 2.66. The van der Waals surface area contributed by atoms with Gasteiger partial charge in [0.1, 0.15) is 0 Å². The van der Waals surface area contributed by atoms with E-state index in [0.29, 0.717) is 6.61 Å². The Morgan fingerprint density at radius 1 is 0.633 bits per heavy atom. The van der Waals surface area contributed by atoms with E-state index in [1.54, 1.807) is 27.7 Å². The van der Waals surface area contributed by atoms with Crippen LogP contribution in [0.4, 0.5) is 0 Å². The van der Waals surface area contributed by atoms with Crippen LogP contribution in [0.5, 0.6) is 0 Å². The van der Waals surface area contributed by atoms with Gasteiger partial charge in [-0.05, 0) is 34.1 Å². The van der Waals surface area contributed by atoms with Crippen molar-refractivity contribution >= 4 is 0 Å². The molecule has 0 amide bonds. The van der Waals surface area contributed by atoms with Crippen LogP contribution in [0.2, 0.25) is 0 Å². The van der Waals surface area contributed by atoms with Crippen molar-refractivity contribution in [1.82, 2.24) is 0 Å². The third kappa shape index (κ3) is 79.7. The van der Waals surface area contributed by atoms with Crippen LogP contribution in [0.25, 0.3) is 0 Å². The molecule has 0 aromatic carbocycles. The molecule has 0 fully saturated rings. The van der Waals surface area contributed by atoms with Gasteiger partial charge in [0.15, 0.2) is 0 Å². The van der Waals surface area contributed by atoms with E-state index in [4.69, 9.17) is 20.4 Å². The van der Waals surface area contributed by atoms with Crippen LogP contribution in [0.3, 0.4) is 0 Å². The van der Waals surface area contributed by atoms with Gasteiger partial charge in [0.05, 0.1) is 13.2 Å². The molecule has 0 atom stereocenters. The topological polar surface area (TPSA) is 80.9 Å². The van der Waals surface area contributed by atoms with Crippen molar-refractivity contribution in [3.8, 4) is 0 Å². The molecule has 0 rings (SSSR count). The van der Waals surface area contributed by atoms with Crippen LogP contribution in [0.15, 0.2) is 24.3 Å². The minimum absolute atomic E-state index is 0. The van der Waals surface area contributed by atoms with Gasteiger partial charge >= 0.3 is 0 Å². The van der Waals surface area contributed by atoms with Gasteiger partial charge in [-0.2, -0.15) is 0 Å². The van der Waals surface area contributed by atoms with E-state index in [2.05, 4.69) is 20.1 Å². The molecule has 0 aromatic heterocycles. The fourth-order valence-electron chi connectivity index (χ4n) is 1.95. The zero-order valence-electron chi connectivity index (χ0n) is 20.9. The molecule has 5 heteroatoms. The van der Waals surface area contributed by atoms with Crippen molar-refractivity contribution in [3.63, 3.8) is 0 Å². The third-order valence-electron chi connectivity index (χ3n) is 3.55. The number of hydrogen-bond acceptors (Lipinski definition) is 4. The molecule has 0 heterocycles. The Kier molecular flexibility index (Phi) is 53.2. The minimum Gasteiger partial charge on any atom is -0.396 e. The van der Waals surface area contributed by atoms with Gasteiger partial charge in [0, 0.05) is 34.4 Å². The number of hydrogen-bond donors (Lipinski definition) is 4. The maximum atomic E-state index is 8.61. The minimum atomic E-state index is -0.167. The number of unbranched alkanes of at least 4 members (excludes halogenated alkanes) is 11. The first-order valence-electron chi connectivity index (χ1n) is 11.5. The Morgan fingerprint density at radius 2 is 0.833 bits per heavy atom. The van der Waals surface area contributed by atoms with E-state index >= 15 is 0 Å². The van der Waals surface area contributed by atoms with E-state index in [9.17, 15) is 0 Å². The largest absolute Gasteiger partial charge is 0.396 e. The monoisotopic (exact) mass is 466 g/mol. The van der Waals surface area contributed by atoms with Crippen molar-refractivity contribution in [2.45, 2.75) is 118 Å². The summed E-state index contributed by atoms with van der Waals surface area (Å²) in [4.78, 5) is 0. The molecule has 30 heavy (non-hydrogen) atoms. The Balaban J connectivity index is -0.000000114. The van der Waals surface area contributed by atoms with Crippen LogP contribution >= 0.6 is 0 Å². The van der Waals surface area contributed by atoms with Gasteiger partial charge in [-0.25, -0.2) is 0 Å². The summed E-state index contributed by atoms with van der Waals surface area (Å²) in [5.74, 6) is 0. The first-order valence-corrected chi connectivity index (χ1v) is 11.5. The summed E-state index contributed by atoms with van der Waals surface area (Å²) in [6.07, 6.45) is 16.1. The summed E-state index contributed by atoms with van der Waals surface area (Å²) in [7, 11) is 0. The SMILES string of the molecule is C=C(C)CO.C=C(C)CO.CC(C)O.CCCCCCCCCCCCCCO.[Ti]. The Hall–Kier alpha value is 0.0343. The molecule has 4 N–H and O–H groups in total. The van der Waals surface area contributed by atoms with Crippen molar-refractivity contribution in [1.29, 1.82) is 0 Å². The molecular formula is C25H54O4Ti. The fourth-order valence-corrected chi connectivity index (χ4v) is 1.95. The second-order valence-electron chi connectivity index (χ2n) is 7.94. The summed E-state index contributed by atoms with van der Waals surface area (Å²) in [6.45, 7) is 16.7. The quantitative estimate of drug-likeness (QED) is 0.140. The molecule has 182 valence electrons. The summed E-state index contributed by atoms with van der Waals surface area (Å²) in [6, 6.07) is 0. The first-order chi connectivity index (χ1) is 13.7. The predicted octanol–water partition coefficient (Wildman–Crippen LogP) is 6.17. The maximum absolute atomic E-state index is 8.61. The zero-order valence-corrected chi connectivity index (χ0v) is 22.4. The molecule has 0 unspecified atom stereocenters. The Labute approximate surface area is 203 Å². The van der Waals surface area contributed by atoms with E-state index in [1.165, 1.54) is 70.6 Å². The third-order valence-corrected chi connectivity index (χ3v) is 3.55. The standard InChI is InChI=1S/C14H30O.2C4H8O.C3H8O.Ti/c1-2-3-4-5-6-7-8-9-10-11-12-13-14-15;2*1-4(2)3-5;1-3(2)4;/h15H,2-14H2,1H3;2*5H,1,3H2,2H3;3-4H,1-2H3;. The molecule has 4 nitrogen and oxygen atoms in total. The van der Waals surface area contributed by atoms with E-state index in [0.717, 1.165) is 17.6 Å². The van der Waals surface area contributed by atoms with Crippen molar-refractivity contribution in [3.05, 3.63) is 24.3 Å². The summed E-state index contributed by atoms with van der Waals surface area (Å²) in [5, 5.41) is 32.8. The maximum Gasteiger partial charge on any atom is 0.0636 e. The number of aliphatic hydroxyl groups is 4. The molecule has 0 aliphatic carbocycles. The molecule has 0 aliphatic rings. The van der Waals surface area contributed by atoms with Crippen molar-refractivity contribution in [2.24, 2.45) is 0 Å². The molecular weight excluding hydrogens is 412 g/mol. The molecule has 0 radical (unpaired) electrons. The summed E-state index contributed by atoms with van der Waals surface area (Å²) < 4.78 is 0. The van der Waals surface area contributed by atoms with Crippen LogP contribution in [0, 0.1) is 0 Å². The Bertz CT molecular complexity index is 279. The summed E-state index contributed by atoms with van der Waals surface area (Å²) in [5.41, 5.74) is 1.62. The van der Waals surface area contributed by atoms with Gasteiger partial charge in [-0.15, -0.1) is 0 Å². The van der Waals surface area contributed by atoms with Gasteiger partial charge in [0.2, 0.25) is 0 Å². The zero-order chi connectivity index (χ0) is 23.3. The molecule has 0 saturated carbocycles. The van der Waals surface area contributed by atoms with Crippen LogP contribution < -0.4 is 0 Å². The molecule has 0 aromatic rings. The smallest absolute Gasteiger partial charge is 0.0636 e. The second kappa shape index (κ2) is 39.5. The number of rotatable bonds is 14. The molecule has 0 bridgehead atoms. The molecule has 0 aliphatic heterocycles. The fraction of sp³-hybridized carbons (Fsp3) is 0.840. The van der Waals surface area contributed by atoms with Gasteiger partial charge < -0.3 is 20.4 Å². The van der Waals surface area contributed by atoms with Gasteiger partial charge in [-0.3, -0.25) is 0 Å². The second-order valence-corrected chi connectivity index (χ2v) is 7.94. The van der Waals surface area contributed by atoms with Crippen molar-refractivity contribution in [2.75, 3.05) is 19.8 Å². The molecule has 0 saturated heterocycles. The number of aliphatic hydroxyl groups excluding tert-OH is 4. The predicted molar refractivity (Wildman–Crippen MR) is 129 cm³/mol. The van der Waals surface area contributed by atoms with Crippen LogP contribution in [-0.4, -0.2) is 46.4 Å².